The molecule has 0 aromatic rings. The summed E-state index contributed by atoms with van der Waals surface area (Å²) in [6.45, 7) is 12.4. The molecule has 2 N–H and O–H groups in total. The van der Waals surface area contributed by atoms with Gasteiger partial charge in [-0.3, -0.25) is 4.48 Å². The van der Waals surface area contributed by atoms with Gasteiger partial charge in [0.15, 0.2) is 0 Å². The second-order valence-corrected chi connectivity index (χ2v) is 4.84. The topological polar surface area (TPSA) is 40.5 Å². The van der Waals surface area contributed by atoms with Gasteiger partial charge in [0.05, 0.1) is 18.1 Å². The third-order valence-corrected chi connectivity index (χ3v) is 3.36. The molecule has 0 saturated heterocycles. The van der Waals surface area contributed by atoms with Gasteiger partial charge in [0.25, 0.3) is 0 Å². The van der Waals surface area contributed by atoms with Gasteiger partial charge < -0.3 is 10.2 Å². The lowest BCUT2D eigenvalue weighted by atomic mass is 10.0. The summed E-state index contributed by atoms with van der Waals surface area (Å²) in [7, 11) is 0. The van der Waals surface area contributed by atoms with Crippen LogP contribution in [0.5, 0.6) is 0 Å². The number of aliphatic hydroxyl groups excluding tert-OH is 2. The van der Waals surface area contributed by atoms with Crippen molar-refractivity contribution in [2.75, 3.05) is 6.61 Å². The highest BCUT2D eigenvalue weighted by Gasteiger charge is 2.43. The van der Waals surface area contributed by atoms with Crippen molar-refractivity contribution in [1.82, 2.24) is 0 Å². The van der Waals surface area contributed by atoms with Gasteiger partial charge in [-0.15, -0.1) is 0 Å². The van der Waals surface area contributed by atoms with Gasteiger partial charge in [-0.1, -0.05) is 0 Å². The molecule has 0 aliphatic rings. The summed E-state index contributed by atoms with van der Waals surface area (Å²) in [5.74, 6) is 0. The monoisotopic (exact) mass is 204 g/mol. The lowest BCUT2D eigenvalue weighted by molar-refractivity contribution is -1.02. The van der Waals surface area contributed by atoms with E-state index in [4.69, 9.17) is 5.11 Å². The molecule has 0 fully saturated rings. The largest absolute Gasteiger partial charge is 0.387 e. The molecule has 0 spiro atoms. The lowest BCUT2D eigenvalue weighted by Gasteiger charge is -2.51. The van der Waals surface area contributed by atoms with E-state index in [1.807, 2.05) is 0 Å². The summed E-state index contributed by atoms with van der Waals surface area (Å²) >= 11 is 0. The second kappa shape index (κ2) is 5.10. The number of aliphatic hydroxyl groups is 2. The zero-order valence-corrected chi connectivity index (χ0v) is 10.4. The molecule has 14 heavy (non-hydrogen) atoms. The summed E-state index contributed by atoms with van der Waals surface area (Å²) in [5, 5.41) is 19.2. The van der Waals surface area contributed by atoms with E-state index in [0.717, 1.165) is 0 Å². The molecule has 0 aromatic carbocycles. The second-order valence-electron chi connectivity index (χ2n) is 4.84. The molecule has 86 valence electrons. The Morgan fingerprint density at radius 2 is 1.14 bits per heavy atom. The van der Waals surface area contributed by atoms with E-state index in [2.05, 4.69) is 41.5 Å². The molecule has 0 radical (unpaired) electrons. The van der Waals surface area contributed by atoms with Crippen LogP contribution in [-0.4, -0.2) is 45.7 Å². The van der Waals surface area contributed by atoms with E-state index in [9.17, 15) is 5.11 Å². The zero-order valence-electron chi connectivity index (χ0n) is 10.4. The summed E-state index contributed by atoms with van der Waals surface area (Å²) < 4.78 is 0.552. The average molecular weight is 204 g/mol. The van der Waals surface area contributed by atoms with Crippen LogP contribution < -0.4 is 0 Å². The number of nitrogens with zero attached hydrogens (tertiary/aromatic N) is 1. The van der Waals surface area contributed by atoms with E-state index >= 15 is 0 Å². The van der Waals surface area contributed by atoms with Crippen LogP contribution in [-0.2, 0) is 0 Å². The van der Waals surface area contributed by atoms with Crippen molar-refractivity contribution in [3.8, 4) is 0 Å². The molecule has 0 aromatic heterocycles. The zero-order chi connectivity index (χ0) is 11.5. The smallest absolute Gasteiger partial charge is 0.214 e. The normalized spacial score (nSPS) is 15.6. The van der Waals surface area contributed by atoms with Gasteiger partial charge in [0, 0.05) is 0 Å². The fourth-order valence-corrected chi connectivity index (χ4v) is 2.96. The maximum absolute atomic E-state index is 10.0. The molecule has 3 heteroatoms. The van der Waals surface area contributed by atoms with Crippen LogP contribution in [0, 0.1) is 0 Å². The Hall–Kier alpha value is -0.120. The minimum absolute atomic E-state index is 0.172. The van der Waals surface area contributed by atoms with Gasteiger partial charge in [-0.25, -0.2) is 0 Å². The maximum atomic E-state index is 10.0. The van der Waals surface area contributed by atoms with Crippen LogP contribution in [0.3, 0.4) is 0 Å². The summed E-state index contributed by atoms with van der Waals surface area (Å²) in [6.07, 6.45) is -0.685. The third kappa shape index (κ3) is 2.10. The van der Waals surface area contributed by atoms with Crippen molar-refractivity contribution in [1.29, 1.82) is 0 Å². The Labute approximate surface area is 87.9 Å². The highest BCUT2D eigenvalue weighted by atomic mass is 16.3. The summed E-state index contributed by atoms with van der Waals surface area (Å²) in [4.78, 5) is 0. The molecule has 0 saturated carbocycles. The van der Waals surface area contributed by atoms with Crippen molar-refractivity contribution in [3.05, 3.63) is 0 Å². The van der Waals surface area contributed by atoms with Crippen LogP contribution in [0.2, 0.25) is 0 Å². The van der Waals surface area contributed by atoms with Gasteiger partial charge >= 0.3 is 0 Å². The summed E-state index contributed by atoms with van der Waals surface area (Å²) in [5.41, 5.74) is 0. The number of hydrogen-bond acceptors (Lipinski definition) is 2. The van der Waals surface area contributed by atoms with E-state index in [0.29, 0.717) is 22.6 Å². The molecule has 1 unspecified atom stereocenters. The van der Waals surface area contributed by atoms with Crippen molar-refractivity contribution < 1.29 is 14.7 Å². The SMILES string of the molecule is CC(C)[N+](C(C)C)(C(C)C)C(O)CO. The molecular weight excluding hydrogens is 178 g/mol. The number of hydrogen-bond donors (Lipinski definition) is 2. The minimum atomic E-state index is -0.685. The predicted octanol–water partition coefficient (Wildman–Crippen LogP) is 1.34. The Morgan fingerprint density at radius 1 is 0.857 bits per heavy atom. The quantitative estimate of drug-likeness (QED) is 0.524. The van der Waals surface area contributed by atoms with Gasteiger partial charge in [-0.05, 0) is 41.5 Å². The van der Waals surface area contributed by atoms with Crippen LogP contribution in [0.15, 0.2) is 0 Å². The van der Waals surface area contributed by atoms with Crippen molar-refractivity contribution in [2.45, 2.75) is 65.9 Å². The molecule has 0 bridgehead atoms. The highest BCUT2D eigenvalue weighted by molar-refractivity contribution is 4.60. The molecule has 1 atom stereocenters. The molecular formula is C11H26NO2+. The molecule has 0 aliphatic heterocycles. The predicted molar refractivity (Wildman–Crippen MR) is 58.8 cm³/mol. The first kappa shape index (κ1) is 13.9. The van der Waals surface area contributed by atoms with Gasteiger partial charge in [-0.2, -0.15) is 0 Å². The average Bonchev–Trinajstić information content (AvgIpc) is 2.02. The lowest BCUT2D eigenvalue weighted by Crippen LogP contribution is -2.68. The van der Waals surface area contributed by atoms with Crippen molar-refractivity contribution in [3.63, 3.8) is 0 Å². The first-order chi connectivity index (χ1) is 6.31. The first-order valence-electron chi connectivity index (χ1n) is 5.48. The Kier molecular flexibility index (Phi) is 5.06. The van der Waals surface area contributed by atoms with Crippen LogP contribution in [0.25, 0.3) is 0 Å². The molecule has 3 nitrogen and oxygen atoms in total. The van der Waals surface area contributed by atoms with Crippen molar-refractivity contribution in [2.24, 2.45) is 0 Å². The van der Waals surface area contributed by atoms with E-state index < -0.39 is 6.23 Å². The fourth-order valence-electron chi connectivity index (χ4n) is 2.96. The Bertz CT molecular complexity index is 145. The van der Waals surface area contributed by atoms with Crippen LogP contribution >= 0.6 is 0 Å². The van der Waals surface area contributed by atoms with E-state index in [1.54, 1.807) is 0 Å². The Balaban J connectivity index is 5.16. The number of quaternary nitrogens is 1. The van der Waals surface area contributed by atoms with Gasteiger partial charge in [0.2, 0.25) is 6.23 Å². The molecule has 0 aliphatic carbocycles. The van der Waals surface area contributed by atoms with E-state index in [1.165, 1.54) is 0 Å². The number of rotatable bonds is 5. The Morgan fingerprint density at radius 3 is 1.21 bits per heavy atom. The third-order valence-electron chi connectivity index (χ3n) is 3.36. The fraction of sp³-hybridized carbons (Fsp3) is 1.00. The first-order valence-corrected chi connectivity index (χ1v) is 5.48. The minimum Gasteiger partial charge on any atom is -0.387 e. The molecule has 0 amide bonds. The van der Waals surface area contributed by atoms with Gasteiger partial charge in [0.1, 0.15) is 6.61 Å². The summed E-state index contributed by atoms with van der Waals surface area (Å²) in [6, 6.07) is 0.909. The maximum Gasteiger partial charge on any atom is 0.214 e. The van der Waals surface area contributed by atoms with Crippen LogP contribution in [0.1, 0.15) is 41.5 Å². The van der Waals surface area contributed by atoms with Crippen molar-refractivity contribution >= 4 is 0 Å². The van der Waals surface area contributed by atoms with E-state index in [-0.39, 0.29) is 6.61 Å². The highest BCUT2D eigenvalue weighted by Crippen LogP contribution is 2.27. The standard InChI is InChI=1S/C11H26NO2/c1-8(2)12(9(3)4,10(5)6)11(14)7-13/h8-11,13-14H,7H2,1-6H3/q+1. The van der Waals surface area contributed by atoms with Crippen LogP contribution in [0.4, 0.5) is 0 Å². The molecule has 0 heterocycles. The molecule has 0 rings (SSSR count).